The molecule has 0 spiro atoms. The maximum Gasteiger partial charge on any atom is 0.341 e. The summed E-state index contributed by atoms with van der Waals surface area (Å²) in [6.45, 7) is 5.50. The van der Waals surface area contributed by atoms with Gasteiger partial charge in [-0.2, -0.15) is 0 Å². The van der Waals surface area contributed by atoms with Crippen molar-refractivity contribution in [1.29, 1.82) is 0 Å². The topological polar surface area (TPSA) is 119 Å². The van der Waals surface area contributed by atoms with Crippen LogP contribution >= 0.6 is 33.9 Å². The molecule has 0 radical (unpaired) electrons. The predicted octanol–water partition coefficient (Wildman–Crippen LogP) is 5.07. The van der Waals surface area contributed by atoms with E-state index in [2.05, 4.69) is 19.2 Å². The third kappa shape index (κ3) is 6.48. The highest BCUT2D eigenvalue weighted by Gasteiger charge is 2.32. The Morgan fingerprint density at radius 1 is 1.14 bits per heavy atom. The smallest absolute Gasteiger partial charge is 0.341 e. The lowest BCUT2D eigenvalue weighted by Crippen LogP contribution is -2.40. The Kier molecular flexibility index (Phi) is 9.35. The van der Waals surface area contributed by atoms with Crippen molar-refractivity contribution in [2.24, 2.45) is 4.99 Å². The van der Waals surface area contributed by atoms with E-state index >= 15 is 0 Å². The number of amides is 1. The van der Waals surface area contributed by atoms with Crippen molar-refractivity contribution in [3.63, 3.8) is 0 Å². The fourth-order valence-electron chi connectivity index (χ4n) is 4.96. The van der Waals surface area contributed by atoms with E-state index < -0.39 is 18.6 Å². The van der Waals surface area contributed by atoms with Crippen molar-refractivity contribution in [2.45, 2.75) is 32.7 Å². The number of carboxylic acids is 1. The molecule has 0 aliphatic carbocycles. The molecule has 5 rings (SSSR count). The molecule has 0 saturated heterocycles. The predicted molar refractivity (Wildman–Crippen MR) is 178 cm³/mol. The number of hydrogen-bond acceptors (Lipinski definition) is 7. The minimum Gasteiger partial charge on any atom is -0.493 e. The molecule has 1 aromatic heterocycles. The van der Waals surface area contributed by atoms with Crippen molar-refractivity contribution < 1.29 is 24.2 Å². The first kappa shape index (κ1) is 31.2. The van der Waals surface area contributed by atoms with E-state index in [4.69, 9.17) is 19.6 Å². The number of nitrogens with zero attached hydrogens (tertiary/aromatic N) is 2. The van der Waals surface area contributed by atoms with E-state index in [1.165, 1.54) is 18.4 Å². The van der Waals surface area contributed by atoms with Gasteiger partial charge in [0.15, 0.2) is 22.9 Å². The number of fused-ring (bicyclic) bond motifs is 1. The van der Waals surface area contributed by atoms with Crippen LogP contribution in [0.1, 0.15) is 49.4 Å². The second kappa shape index (κ2) is 13.2. The van der Waals surface area contributed by atoms with Crippen LogP contribution in [-0.2, 0) is 9.59 Å². The Bertz CT molecular complexity index is 1950. The Labute approximate surface area is 271 Å². The summed E-state index contributed by atoms with van der Waals surface area (Å²) in [5, 5.41) is 12.0. The number of methoxy groups -OCH3 is 1. The van der Waals surface area contributed by atoms with Crippen molar-refractivity contribution in [3.8, 4) is 11.5 Å². The van der Waals surface area contributed by atoms with Gasteiger partial charge >= 0.3 is 5.97 Å². The van der Waals surface area contributed by atoms with E-state index in [0.717, 1.165) is 11.1 Å². The minimum absolute atomic E-state index is 0.288. The molecule has 11 heteroatoms. The number of rotatable bonds is 9. The molecular formula is C33H30IN3O6S. The Balaban J connectivity index is 1.63. The van der Waals surface area contributed by atoms with E-state index in [1.807, 2.05) is 77.2 Å². The zero-order valence-electron chi connectivity index (χ0n) is 24.5. The molecular weight excluding hydrogens is 693 g/mol. The number of aromatic nitrogens is 1. The van der Waals surface area contributed by atoms with E-state index in [1.54, 1.807) is 29.7 Å². The van der Waals surface area contributed by atoms with Crippen LogP contribution in [0.4, 0.5) is 5.69 Å². The number of aliphatic carboxylic acids is 1. The summed E-state index contributed by atoms with van der Waals surface area (Å²) < 4.78 is 13.5. The Hall–Kier alpha value is -4.23. The maximum atomic E-state index is 14.1. The van der Waals surface area contributed by atoms with Gasteiger partial charge in [-0.25, -0.2) is 9.79 Å². The molecule has 1 aliphatic heterocycles. The summed E-state index contributed by atoms with van der Waals surface area (Å²) in [4.78, 5) is 44.1. The number of thiazole rings is 1. The first-order chi connectivity index (χ1) is 21.1. The molecule has 0 bridgehead atoms. The summed E-state index contributed by atoms with van der Waals surface area (Å²) in [6.07, 6.45) is 1.73. The number of carbonyl (C=O) groups is 2. The van der Waals surface area contributed by atoms with Gasteiger partial charge in [0, 0.05) is 5.69 Å². The Morgan fingerprint density at radius 2 is 1.84 bits per heavy atom. The number of ether oxygens (including phenoxy) is 2. The average molecular weight is 724 g/mol. The highest BCUT2D eigenvalue weighted by molar-refractivity contribution is 14.1. The van der Waals surface area contributed by atoms with Gasteiger partial charge in [-0.05, 0) is 82.5 Å². The monoisotopic (exact) mass is 723 g/mol. The third-order valence-electron chi connectivity index (χ3n) is 7.11. The number of nitrogens with one attached hydrogen (secondary N) is 1. The van der Waals surface area contributed by atoms with E-state index in [-0.39, 0.29) is 11.5 Å². The lowest BCUT2D eigenvalue weighted by molar-refractivity contribution is -0.139. The number of carboxylic acid groups (broad SMARTS) is 1. The van der Waals surface area contributed by atoms with Crippen LogP contribution < -0.4 is 29.7 Å². The zero-order valence-corrected chi connectivity index (χ0v) is 27.4. The molecule has 0 unspecified atom stereocenters. The molecule has 44 heavy (non-hydrogen) atoms. The molecule has 1 atom stereocenters. The van der Waals surface area contributed by atoms with Crippen LogP contribution in [0.2, 0.25) is 0 Å². The molecule has 9 nitrogen and oxygen atoms in total. The second-order valence-electron chi connectivity index (χ2n) is 10.4. The summed E-state index contributed by atoms with van der Waals surface area (Å²) in [5.41, 5.74) is 3.88. The molecule has 4 aromatic rings. The van der Waals surface area contributed by atoms with Crippen molar-refractivity contribution >= 4 is 57.6 Å². The number of para-hydroxylation sites is 1. The highest BCUT2D eigenvalue weighted by Crippen LogP contribution is 2.35. The molecule has 0 saturated carbocycles. The molecule has 3 aromatic carbocycles. The van der Waals surface area contributed by atoms with Gasteiger partial charge in [0.05, 0.1) is 32.5 Å². The normalized spacial score (nSPS) is 14.7. The first-order valence-electron chi connectivity index (χ1n) is 13.8. The van der Waals surface area contributed by atoms with Crippen molar-refractivity contribution in [1.82, 2.24) is 4.57 Å². The fourth-order valence-corrected chi connectivity index (χ4v) is 6.79. The molecule has 1 amide bonds. The number of hydrogen-bond donors (Lipinski definition) is 2. The standard InChI is InChI=1S/C33H30IN3O6S/c1-18(2)21-10-12-22(13-11-21)29-28(31(40)36-23-8-6-5-7-9-23)19(3)35-33-37(29)32(41)26(44-33)16-20-14-24(34)30(25(15-20)42-4)43-17-27(38)39/h5-16,18,29H,17H2,1-4H3,(H,36,40)(H,38,39)/b26-16-/t29-/m1/s1. The SMILES string of the molecule is COc1cc(/C=c2\sc3n(c2=O)[C@H](c2ccc(C(C)C)cc2)C(C(=O)Nc2ccccc2)=C(C)N=3)cc(I)c1OCC(=O)O. The third-order valence-corrected chi connectivity index (χ3v) is 8.89. The molecule has 0 fully saturated rings. The maximum absolute atomic E-state index is 14.1. The molecule has 1 aliphatic rings. The van der Waals surface area contributed by atoms with E-state index in [9.17, 15) is 14.4 Å². The highest BCUT2D eigenvalue weighted by atomic mass is 127. The summed E-state index contributed by atoms with van der Waals surface area (Å²) >= 11 is 3.27. The minimum atomic E-state index is -1.10. The average Bonchev–Trinajstić information content (AvgIpc) is 3.29. The quantitative estimate of drug-likeness (QED) is 0.233. The van der Waals surface area contributed by atoms with Crippen molar-refractivity contribution in [2.75, 3.05) is 19.0 Å². The lowest BCUT2D eigenvalue weighted by Gasteiger charge is -2.25. The van der Waals surface area contributed by atoms with Crippen LogP contribution in [-0.4, -0.2) is 35.3 Å². The van der Waals surface area contributed by atoms with Crippen LogP contribution in [0, 0.1) is 3.57 Å². The summed E-state index contributed by atoms with van der Waals surface area (Å²) in [5.74, 6) is -0.459. The molecule has 2 heterocycles. The molecule has 226 valence electrons. The fraction of sp³-hybridized carbons (Fsp3) is 0.212. The van der Waals surface area contributed by atoms with Gasteiger partial charge in [0.25, 0.3) is 11.5 Å². The van der Waals surface area contributed by atoms with Gasteiger partial charge in [0.2, 0.25) is 0 Å². The summed E-state index contributed by atoms with van der Waals surface area (Å²) in [6, 6.07) is 19.9. The largest absolute Gasteiger partial charge is 0.493 e. The lowest BCUT2D eigenvalue weighted by atomic mass is 9.93. The Morgan fingerprint density at radius 3 is 2.48 bits per heavy atom. The van der Waals surface area contributed by atoms with Crippen molar-refractivity contribution in [3.05, 3.63) is 118 Å². The van der Waals surface area contributed by atoms with Gasteiger partial charge < -0.3 is 19.9 Å². The number of benzene rings is 3. The van der Waals surface area contributed by atoms with Gasteiger partial charge in [-0.15, -0.1) is 0 Å². The number of carbonyl (C=O) groups excluding carboxylic acids is 1. The van der Waals surface area contributed by atoms with Crippen LogP contribution in [0.15, 0.2) is 87.8 Å². The van der Waals surface area contributed by atoms with Crippen LogP contribution in [0.25, 0.3) is 6.08 Å². The van der Waals surface area contributed by atoms with E-state index in [0.29, 0.717) is 52.8 Å². The zero-order chi connectivity index (χ0) is 31.5. The summed E-state index contributed by atoms with van der Waals surface area (Å²) in [7, 11) is 1.46. The second-order valence-corrected chi connectivity index (χ2v) is 12.6. The van der Waals surface area contributed by atoms with Crippen LogP contribution in [0.5, 0.6) is 11.5 Å². The van der Waals surface area contributed by atoms with Gasteiger partial charge in [0.1, 0.15) is 0 Å². The number of allylic oxidation sites excluding steroid dienone is 1. The van der Waals surface area contributed by atoms with Gasteiger partial charge in [-0.3, -0.25) is 14.2 Å². The number of halogens is 1. The molecule has 2 N–H and O–H groups in total. The first-order valence-corrected chi connectivity index (χ1v) is 15.7. The number of anilines is 1. The van der Waals surface area contributed by atoms with Gasteiger partial charge in [-0.1, -0.05) is 67.6 Å². The van der Waals surface area contributed by atoms with Crippen LogP contribution in [0.3, 0.4) is 0 Å².